The van der Waals surface area contributed by atoms with Crippen LogP contribution in [-0.4, -0.2) is 5.78 Å². The molecule has 0 radical (unpaired) electrons. The summed E-state index contributed by atoms with van der Waals surface area (Å²) in [5.74, 6) is 0.855. The van der Waals surface area contributed by atoms with Crippen LogP contribution in [0.3, 0.4) is 0 Å². The number of hydrogen-bond donors (Lipinski definition) is 0. The number of hydrogen-bond acceptors (Lipinski definition) is 1. The molecule has 0 heterocycles. The van der Waals surface area contributed by atoms with Crippen LogP contribution in [-0.2, 0) is 4.79 Å². The zero-order chi connectivity index (χ0) is 8.97. The Bertz CT molecular complexity index is 213. The van der Waals surface area contributed by atoms with Crippen LogP contribution in [0.5, 0.6) is 0 Å². The van der Waals surface area contributed by atoms with Crippen molar-refractivity contribution < 1.29 is 4.79 Å². The van der Waals surface area contributed by atoms with Crippen molar-refractivity contribution in [3.63, 3.8) is 0 Å². The van der Waals surface area contributed by atoms with E-state index in [0.717, 1.165) is 25.7 Å². The second kappa shape index (κ2) is 4.24. The van der Waals surface area contributed by atoms with Gasteiger partial charge in [-0.05, 0) is 38.2 Å². The van der Waals surface area contributed by atoms with E-state index >= 15 is 0 Å². The van der Waals surface area contributed by atoms with Crippen LogP contribution in [0.4, 0.5) is 0 Å². The lowest BCUT2D eigenvalue weighted by Crippen LogP contribution is -1.98. The first-order valence-electron chi connectivity index (χ1n) is 4.56. The van der Waals surface area contributed by atoms with Crippen LogP contribution in [0, 0.1) is 5.92 Å². The summed E-state index contributed by atoms with van der Waals surface area (Å²) in [6.45, 7) is 5.78. The lowest BCUT2D eigenvalue weighted by Gasteiger charge is -2.12. The Morgan fingerprint density at radius 1 is 1.75 bits per heavy atom. The van der Waals surface area contributed by atoms with E-state index in [4.69, 9.17) is 0 Å². The molecule has 1 nitrogen and oxygen atoms in total. The van der Waals surface area contributed by atoms with Crippen molar-refractivity contribution in [1.82, 2.24) is 0 Å². The molecule has 0 amide bonds. The standard InChI is InChI=1S/C11H16O/c1-3-5-10-6-4-7-11(12)8-9(10)2/h3,8,10H,1,4-7H2,2H3. The molecule has 1 heteroatoms. The number of carbonyl (C=O) groups excluding carboxylic acids is 1. The van der Waals surface area contributed by atoms with Gasteiger partial charge in [-0.15, -0.1) is 6.58 Å². The summed E-state index contributed by atoms with van der Waals surface area (Å²) in [5.41, 5.74) is 1.23. The number of ketones is 1. The van der Waals surface area contributed by atoms with Crippen LogP contribution in [0.2, 0.25) is 0 Å². The van der Waals surface area contributed by atoms with Crippen molar-refractivity contribution in [1.29, 1.82) is 0 Å². The average molecular weight is 164 g/mol. The largest absolute Gasteiger partial charge is 0.295 e. The minimum Gasteiger partial charge on any atom is -0.295 e. The molecule has 1 rings (SSSR count). The summed E-state index contributed by atoms with van der Waals surface area (Å²) in [4.78, 5) is 11.1. The minimum absolute atomic E-state index is 0.291. The third kappa shape index (κ3) is 2.33. The Hall–Kier alpha value is -0.850. The number of allylic oxidation sites excluding steroid dienone is 3. The molecule has 0 fully saturated rings. The first kappa shape index (κ1) is 9.24. The summed E-state index contributed by atoms with van der Waals surface area (Å²) in [7, 11) is 0. The van der Waals surface area contributed by atoms with E-state index in [-0.39, 0.29) is 0 Å². The molecule has 12 heavy (non-hydrogen) atoms. The predicted molar refractivity (Wildman–Crippen MR) is 50.9 cm³/mol. The van der Waals surface area contributed by atoms with Gasteiger partial charge < -0.3 is 0 Å². The molecule has 1 atom stereocenters. The molecule has 0 aromatic heterocycles. The first-order valence-corrected chi connectivity index (χ1v) is 4.56. The number of carbonyl (C=O) groups is 1. The Morgan fingerprint density at radius 2 is 2.50 bits per heavy atom. The van der Waals surface area contributed by atoms with Crippen LogP contribution < -0.4 is 0 Å². The van der Waals surface area contributed by atoms with Crippen molar-refractivity contribution in [2.45, 2.75) is 32.6 Å². The smallest absolute Gasteiger partial charge is 0.155 e. The zero-order valence-corrected chi connectivity index (χ0v) is 7.68. The van der Waals surface area contributed by atoms with Crippen LogP contribution in [0.25, 0.3) is 0 Å². The SMILES string of the molecule is C=CCC1CCCC(=O)C=C1C. The molecule has 0 aromatic rings. The van der Waals surface area contributed by atoms with Crippen LogP contribution in [0.15, 0.2) is 24.3 Å². The lowest BCUT2D eigenvalue weighted by atomic mass is 9.93. The molecule has 66 valence electrons. The topological polar surface area (TPSA) is 17.1 Å². The Kier molecular flexibility index (Phi) is 3.27. The van der Waals surface area contributed by atoms with Gasteiger partial charge in [0.25, 0.3) is 0 Å². The van der Waals surface area contributed by atoms with Gasteiger partial charge in [0.05, 0.1) is 0 Å². The molecule has 0 saturated carbocycles. The Morgan fingerprint density at radius 3 is 3.17 bits per heavy atom. The maximum absolute atomic E-state index is 11.1. The molecule has 0 spiro atoms. The van der Waals surface area contributed by atoms with Gasteiger partial charge in [-0.2, -0.15) is 0 Å². The van der Waals surface area contributed by atoms with Gasteiger partial charge in [0.1, 0.15) is 0 Å². The molecule has 1 unspecified atom stereocenters. The van der Waals surface area contributed by atoms with Crippen molar-refractivity contribution in [2.75, 3.05) is 0 Å². The second-order valence-corrected chi connectivity index (χ2v) is 3.47. The molecular weight excluding hydrogens is 148 g/mol. The van der Waals surface area contributed by atoms with E-state index < -0.39 is 0 Å². The second-order valence-electron chi connectivity index (χ2n) is 3.47. The summed E-state index contributed by atoms with van der Waals surface area (Å²) in [5, 5.41) is 0. The summed E-state index contributed by atoms with van der Waals surface area (Å²) < 4.78 is 0. The average Bonchev–Trinajstić information content (AvgIpc) is 2.15. The van der Waals surface area contributed by atoms with E-state index in [0.29, 0.717) is 11.7 Å². The van der Waals surface area contributed by atoms with Crippen molar-refractivity contribution in [3.8, 4) is 0 Å². The highest BCUT2D eigenvalue weighted by Gasteiger charge is 2.14. The van der Waals surface area contributed by atoms with Gasteiger partial charge in [0, 0.05) is 6.42 Å². The van der Waals surface area contributed by atoms with E-state index in [9.17, 15) is 4.79 Å². The third-order valence-electron chi connectivity index (χ3n) is 2.46. The van der Waals surface area contributed by atoms with E-state index in [2.05, 4.69) is 13.5 Å². The summed E-state index contributed by atoms with van der Waals surface area (Å²) in [6, 6.07) is 0. The third-order valence-corrected chi connectivity index (χ3v) is 2.46. The highest BCUT2D eigenvalue weighted by Crippen LogP contribution is 2.25. The molecule has 0 saturated heterocycles. The number of rotatable bonds is 2. The zero-order valence-electron chi connectivity index (χ0n) is 7.68. The fraction of sp³-hybridized carbons (Fsp3) is 0.545. The molecule has 0 aliphatic heterocycles. The van der Waals surface area contributed by atoms with E-state index in [1.165, 1.54) is 5.57 Å². The van der Waals surface area contributed by atoms with Gasteiger partial charge in [-0.1, -0.05) is 11.6 Å². The van der Waals surface area contributed by atoms with Gasteiger partial charge in [-0.25, -0.2) is 0 Å². The quantitative estimate of drug-likeness (QED) is 0.573. The van der Waals surface area contributed by atoms with Crippen LogP contribution >= 0.6 is 0 Å². The molecule has 1 aliphatic carbocycles. The minimum atomic E-state index is 0.291. The monoisotopic (exact) mass is 164 g/mol. The highest BCUT2D eigenvalue weighted by molar-refractivity contribution is 5.90. The normalized spacial score (nSPS) is 24.6. The fourth-order valence-electron chi connectivity index (χ4n) is 1.70. The maximum Gasteiger partial charge on any atom is 0.155 e. The summed E-state index contributed by atoms with van der Waals surface area (Å²) >= 11 is 0. The summed E-state index contributed by atoms with van der Waals surface area (Å²) in [6.07, 6.45) is 7.66. The highest BCUT2D eigenvalue weighted by atomic mass is 16.1. The van der Waals surface area contributed by atoms with Crippen molar-refractivity contribution >= 4 is 5.78 Å². The van der Waals surface area contributed by atoms with Crippen molar-refractivity contribution in [2.24, 2.45) is 5.92 Å². The lowest BCUT2D eigenvalue weighted by molar-refractivity contribution is -0.114. The van der Waals surface area contributed by atoms with Gasteiger partial charge in [0.15, 0.2) is 5.78 Å². The van der Waals surface area contributed by atoms with Gasteiger partial charge in [0.2, 0.25) is 0 Å². The molecule has 0 aromatic carbocycles. The molecule has 0 bridgehead atoms. The van der Waals surface area contributed by atoms with Crippen LogP contribution in [0.1, 0.15) is 32.6 Å². The van der Waals surface area contributed by atoms with E-state index in [1.807, 2.05) is 6.08 Å². The fourth-order valence-corrected chi connectivity index (χ4v) is 1.70. The first-order chi connectivity index (χ1) is 5.74. The molecule has 0 N–H and O–H groups in total. The maximum atomic E-state index is 11.1. The molecule has 1 aliphatic rings. The predicted octanol–water partition coefficient (Wildman–Crippen LogP) is 2.88. The molecular formula is C11H16O. The van der Waals surface area contributed by atoms with Gasteiger partial charge in [-0.3, -0.25) is 4.79 Å². The van der Waals surface area contributed by atoms with Gasteiger partial charge >= 0.3 is 0 Å². The Labute approximate surface area is 74.2 Å². The van der Waals surface area contributed by atoms with E-state index in [1.54, 1.807) is 6.08 Å². The Balaban J connectivity index is 2.67. The van der Waals surface area contributed by atoms with Crippen molar-refractivity contribution in [3.05, 3.63) is 24.3 Å².